The maximum Gasteiger partial charge on any atom is 0.229 e. The Morgan fingerprint density at radius 1 is 1.44 bits per heavy atom. The number of aliphatic hydroxyl groups is 2. The topological polar surface area (TPSA) is 60.8 Å². The number of para-hydroxylation sites is 1. The summed E-state index contributed by atoms with van der Waals surface area (Å²) in [6.45, 7) is 1.97. The SMILES string of the molecule is CC(O)c1ccccc1N1CC(O)CC1=O. The van der Waals surface area contributed by atoms with Crippen LogP contribution in [0.4, 0.5) is 5.69 Å². The lowest BCUT2D eigenvalue weighted by Crippen LogP contribution is -2.26. The van der Waals surface area contributed by atoms with Gasteiger partial charge in [0.1, 0.15) is 0 Å². The molecule has 2 rings (SSSR count). The number of β-amino-alcohol motifs (C(OH)–C–C–N with tert-alkyl or cyclic N) is 1. The molecule has 16 heavy (non-hydrogen) atoms. The van der Waals surface area contributed by atoms with Gasteiger partial charge in [-0.15, -0.1) is 0 Å². The van der Waals surface area contributed by atoms with Crippen LogP contribution in [0.25, 0.3) is 0 Å². The second-order valence-electron chi connectivity index (χ2n) is 4.10. The Labute approximate surface area is 94.1 Å². The Kier molecular flexibility index (Phi) is 2.94. The molecule has 1 aliphatic rings. The zero-order chi connectivity index (χ0) is 11.7. The first kappa shape index (κ1) is 11.1. The number of hydrogen-bond acceptors (Lipinski definition) is 3. The number of anilines is 1. The van der Waals surface area contributed by atoms with Gasteiger partial charge < -0.3 is 15.1 Å². The molecule has 86 valence electrons. The third-order valence-electron chi connectivity index (χ3n) is 2.78. The van der Waals surface area contributed by atoms with Crippen molar-refractivity contribution in [2.45, 2.75) is 25.6 Å². The molecular formula is C12H15NO3. The summed E-state index contributed by atoms with van der Waals surface area (Å²) in [5, 5.41) is 19.1. The molecule has 2 unspecified atom stereocenters. The van der Waals surface area contributed by atoms with E-state index in [1.165, 1.54) is 4.90 Å². The molecule has 0 spiro atoms. The molecule has 4 heteroatoms. The second-order valence-corrected chi connectivity index (χ2v) is 4.10. The number of rotatable bonds is 2. The molecule has 2 N–H and O–H groups in total. The van der Waals surface area contributed by atoms with Crippen LogP contribution in [-0.2, 0) is 4.79 Å². The van der Waals surface area contributed by atoms with Gasteiger partial charge in [0.2, 0.25) is 5.91 Å². The van der Waals surface area contributed by atoms with Crippen molar-refractivity contribution in [2.75, 3.05) is 11.4 Å². The van der Waals surface area contributed by atoms with E-state index < -0.39 is 12.2 Å². The molecule has 1 aliphatic heterocycles. The number of carbonyl (C=O) groups excluding carboxylic acids is 1. The predicted octanol–water partition coefficient (Wildman–Crippen LogP) is 0.838. The minimum absolute atomic E-state index is 0.0967. The molecule has 4 nitrogen and oxygen atoms in total. The van der Waals surface area contributed by atoms with E-state index in [1.807, 2.05) is 12.1 Å². The van der Waals surface area contributed by atoms with Crippen LogP contribution in [0.3, 0.4) is 0 Å². The summed E-state index contributed by atoms with van der Waals surface area (Å²) in [4.78, 5) is 13.2. The van der Waals surface area contributed by atoms with E-state index in [2.05, 4.69) is 0 Å². The summed E-state index contributed by atoms with van der Waals surface area (Å²) < 4.78 is 0. The highest BCUT2D eigenvalue weighted by atomic mass is 16.3. The Morgan fingerprint density at radius 2 is 2.12 bits per heavy atom. The minimum Gasteiger partial charge on any atom is -0.391 e. The van der Waals surface area contributed by atoms with Gasteiger partial charge in [-0.05, 0) is 13.0 Å². The van der Waals surface area contributed by atoms with Crippen molar-refractivity contribution in [3.8, 4) is 0 Å². The van der Waals surface area contributed by atoms with Crippen LogP contribution < -0.4 is 4.90 Å². The highest BCUT2D eigenvalue weighted by Crippen LogP contribution is 2.29. The summed E-state index contributed by atoms with van der Waals surface area (Å²) >= 11 is 0. The summed E-state index contributed by atoms with van der Waals surface area (Å²) in [5.74, 6) is -0.0967. The van der Waals surface area contributed by atoms with Crippen molar-refractivity contribution in [1.82, 2.24) is 0 Å². The number of hydrogen-bond donors (Lipinski definition) is 2. The van der Waals surface area contributed by atoms with E-state index in [-0.39, 0.29) is 12.3 Å². The molecule has 0 radical (unpaired) electrons. The van der Waals surface area contributed by atoms with Gasteiger partial charge in [-0.2, -0.15) is 0 Å². The van der Waals surface area contributed by atoms with Gasteiger partial charge in [-0.25, -0.2) is 0 Å². The summed E-state index contributed by atoms with van der Waals surface area (Å²) in [5.41, 5.74) is 1.41. The standard InChI is InChI=1S/C12H15NO3/c1-8(14)10-4-2-3-5-11(10)13-7-9(15)6-12(13)16/h2-5,8-9,14-15H,6-7H2,1H3. The molecule has 1 fully saturated rings. The molecule has 1 aromatic carbocycles. The third kappa shape index (κ3) is 1.94. The number of amides is 1. The maximum absolute atomic E-state index is 11.6. The van der Waals surface area contributed by atoms with E-state index in [9.17, 15) is 15.0 Å². The third-order valence-corrected chi connectivity index (χ3v) is 2.78. The number of nitrogens with zero attached hydrogens (tertiary/aromatic N) is 1. The Bertz CT molecular complexity index is 403. The summed E-state index contributed by atoms with van der Waals surface area (Å²) in [7, 11) is 0. The van der Waals surface area contributed by atoms with Crippen LogP contribution in [0.1, 0.15) is 25.0 Å². The number of aliphatic hydroxyl groups excluding tert-OH is 2. The van der Waals surface area contributed by atoms with Crippen LogP contribution in [0, 0.1) is 0 Å². The van der Waals surface area contributed by atoms with E-state index in [0.29, 0.717) is 17.8 Å². The predicted molar refractivity (Wildman–Crippen MR) is 60.1 cm³/mol. The van der Waals surface area contributed by atoms with Crippen molar-refractivity contribution < 1.29 is 15.0 Å². The van der Waals surface area contributed by atoms with Crippen molar-refractivity contribution >= 4 is 11.6 Å². The van der Waals surface area contributed by atoms with Crippen LogP contribution in [0.2, 0.25) is 0 Å². The average molecular weight is 221 g/mol. The minimum atomic E-state index is -0.623. The zero-order valence-electron chi connectivity index (χ0n) is 9.13. The van der Waals surface area contributed by atoms with E-state index >= 15 is 0 Å². The second kappa shape index (κ2) is 4.23. The first-order valence-electron chi connectivity index (χ1n) is 5.35. The quantitative estimate of drug-likeness (QED) is 0.778. The zero-order valence-corrected chi connectivity index (χ0v) is 9.13. The van der Waals surface area contributed by atoms with E-state index in [4.69, 9.17) is 0 Å². The first-order chi connectivity index (χ1) is 7.59. The molecule has 1 saturated heterocycles. The van der Waals surface area contributed by atoms with Gasteiger partial charge in [-0.3, -0.25) is 4.79 Å². The molecular weight excluding hydrogens is 206 g/mol. The normalized spacial score (nSPS) is 22.6. The van der Waals surface area contributed by atoms with Crippen LogP contribution in [0.5, 0.6) is 0 Å². The lowest BCUT2D eigenvalue weighted by molar-refractivity contribution is -0.117. The highest BCUT2D eigenvalue weighted by molar-refractivity contribution is 5.96. The van der Waals surface area contributed by atoms with Gasteiger partial charge in [-0.1, -0.05) is 18.2 Å². The molecule has 2 atom stereocenters. The highest BCUT2D eigenvalue weighted by Gasteiger charge is 2.30. The van der Waals surface area contributed by atoms with Gasteiger partial charge >= 0.3 is 0 Å². The fraction of sp³-hybridized carbons (Fsp3) is 0.417. The van der Waals surface area contributed by atoms with Gasteiger partial charge in [0.15, 0.2) is 0 Å². The van der Waals surface area contributed by atoms with Crippen molar-refractivity contribution in [3.63, 3.8) is 0 Å². The van der Waals surface area contributed by atoms with Crippen LogP contribution in [-0.4, -0.2) is 28.8 Å². The Balaban J connectivity index is 2.36. The molecule has 0 bridgehead atoms. The number of benzene rings is 1. The fourth-order valence-electron chi connectivity index (χ4n) is 2.01. The number of carbonyl (C=O) groups is 1. The maximum atomic E-state index is 11.6. The van der Waals surface area contributed by atoms with Crippen LogP contribution >= 0.6 is 0 Å². The molecule has 0 aliphatic carbocycles. The van der Waals surface area contributed by atoms with Gasteiger partial charge in [0.05, 0.1) is 25.2 Å². The lowest BCUT2D eigenvalue weighted by atomic mass is 10.1. The molecule has 0 saturated carbocycles. The van der Waals surface area contributed by atoms with E-state index in [1.54, 1.807) is 19.1 Å². The smallest absolute Gasteiger partial charge is 0.229 e. The van der Waals surface area contributed by atoms with Crippen molar-refractivity contribution in [2.24, 2.45) is 0 Å². The monoisotopic (exact) mass is 221 g/mol. The Hall–Kier alpha value is -1.39. The first-order valence-corrected chi connectivity index (χ1v) is 5.35. The Morgan fingerprint density at radius 3 is 2.69 bits per heavy atom. The van der Waals surface area contributed by atoms with Crippen LogP contribution in [0.15, 0.2) is 24.3 Å². The van der Waals surface area contributed by atoms with Gasteiger partial charge in [0, 0.05) is 11.3 Å². The van der Waals surface area contributed by atoms with E-state index in [0.717, 1.165) is 0 Å². The molecule has 1 aromatic rings. The molecule has 1 amide bonds. The molecule has 1 heterocycles. The lowest BCUT2D eigenvalue weighted by Gasteiger charge is -2.21. The largest absolute Gasteiger partial charge is 0.391 e. The van der Waals surface area contributed by atoms with Crippen molar-refractivity contribution in [1.29, 1.82) is 0 Å². The molecule has 0 aromatic heterocycles. The fourth-order valence-corrected chi connectivity index (χ4v) is 2.01. The van der Waals surface area contributed by atoms with Crippen molar-refractivity contribution in [3.05, 3.63) is 29.8 Å². The summed E-state index contributed by atoms with van der Waals surface area (Å²) in [6.07, 6.45) is -1.06. The van der Waals surface area contributed by atoms with Gasteiger partial charge in [0.25, 0.3) is 0 Å². The average Bonchev–Trinajstić information content (AvgIpc) is 2.57. The summed E-state index contributed by atoms with van der Waals surface area (Å²) in [6, 6.07) is 7.22.